The highest BCUT2D eigenvalue weighted by Gasteiger charge is 2.37. The molecule has 0 bridgehead atoms. The van der Waals surface area contributed by atoms with Gasteiger partial charge in [-0.25, -0.2) is 9.59 Å². The summed E-state index contributed by atoms with van der Waals surface area (Å²) in [4.78, 5) is 48.5. The van der Waals surface area contributed by atoms with E-state index in [1.165, 1.54) is 18.9 Å². The third kappa shape index (κ3) is 8.28. The lowest BCUT2D eigenvalue weighted by atomic mass is 9.94. The minimum absolute atomic E-state index is 0.0109. The molecule has 0 unspecified atom stereocenters. The van der Waals surface area contributed by atoms with Gasteiger partial charge in [0.25, 0.3) is 5.91 Å². The van der Waals surface area contributed by atoms with E-state index >= 15 is 0 Å². The number of hydrogen-bond donors (Lipinski definition) is 2. The quantitative estimate of drug-likeness (QED) is 0.279. The van der Waals surface area contributed by atoms with Crippen molar-refractivity contribution in [1.82, 2.24) is 19.6 Å². The fraction of sp³-hybridized carbons (Fsp3) is 0.571. The van der Waals surface area contributed by atoms with Crippen molar-refractivity contribution < 1.29 is 24.2 Å². The van der Waals surface area contributed by atoms with Crippen LogP contribution in [0.1, 0.15) is 56.6 Å². The monoisotopic (exact) mass is 777 g/mol. The van der Waals surface area contributed by atoms with Crippen molar-refractivity contribution in [2.45, 2.75) is 79.9 Å². The van der Waals surface area contributed by atoms with Crippen LogP contribution in [-0.4, -0.2) is 110 Å². The summed E-state index contributed by atoms with van der Waals surface area (Å²) in [5, 5.41) is 13.2. The van der Waals surface area contributed by atoms with Gasteiger partial charge in [-0.2, -0.15) is 0 Å². The third-order valence-corrected chi connectivity index (χ3v) is 11.8. The largest absolute Gasteiger partial charge is 0.506 e. The number of para-hydroxylation sites is 1. The van der Waals surface area contributed by atoms with Crippen LogP contribution in [0, 0.1) is 0 Å². The van der Waals surface area contributed by atoms with Gasteiger partial charge in [0, 0.05) is 60.3 Å². The van der Waals surface area contributed by atoms with Crippen molar-refractivity contribution in [1.29, 1.82) is 0 Å². The number of hydrogen-bond acceptors (Lipinski definition) is 6. The van der Waals surface area contributed by atoms with Crippen molar-refractivity contribution in [3.8, 4) is 5.75 Å². The first kappa shape index (κ1) is 34.1. The topological polar surface area (TPSA) is 106 Å². The van der Waals surface area contributed by atoms with E-state index in [4.69, 9.17) is 16.3 Å². The number of carbonyl (C=O) groups is 3. The van der Waals surface area contributed by atoms with Crippen LogP contribution in [-0.2, 0) is 22.4 Å². The molecule has 2 aromatic rings. The number of ether oxygens (including phenoxy) is 1. The summed E-state index contributed by atoms with van der Waals surface area (Å²) in [6.45, 7) is 7.24. The number of benzene rings is 2. The third-order valence-electron chi connectivity index (χ3n) is 10.4. The van der Waals surface area contributed by atoms with Crippen LogP contribution in [0.3, 0.4) is 0 Å². The zero-order valence-electron chi connectivity index (χ0n) is 27.0. The number of halogens is 2. The minimum atomic E-state index is -1.01. The number of rotatable bonds is 6. The molecule has 12 heteroatoms. The van der Waals surface area contributed by atoms with E-state index in [0.29, 0.717) is 60.6 Å². The molecule has 2 aromatic carbocycles. The lowest BCUT2D eigenvalue weighted by Gasteiger charge is -2.43. The number of anilines is 1. The first-order valence-corrected chi connectivity index (χ1v) is 18.3. The van der Waals surface area contributed by atoms with E-state index in [0.717, 1.165) is 43.6 Å². The average Bonchev–Trinajstić information content (AvgIpc) is 3.24. The molecule has 4 amide bonds. The van der Waals surface area contributed by atoms with E-state index < -0.39 is 12.2 Å². The molecule has 0 spiro atoms. The minimum Gasteiger partial charge on any atom is -0.506 e. The normalized spacial score (nSPS) is 21.9. The highest BCUT2D eigenvalue weighted by molar-refractivity contribution is 14.1. The molecule has 4 aliphatic rings. The van der Waals surface area contributed by atoms with Crippen LogP contribution < -0.4 is 5.32 Å². The van der Waals surface area contributed by atoms with Gasteiger partial charge in [-0.1, -0.05) is 65.4 Å². The maximum atomic E-state index is 13.9. The number of nitrogens with zero attached hydrogens (tertiary/aromatic N) is 4. The zero-order valence-corrected chi connectivity index (χ0v) is 29.9. The summed E-state index contributed by atoms with van der Waals surface area (Å²) in [5.41, 5.74) is 2.68. The number of alkyl halides is 1. The maximum Gasteiger partial charge on any atom is 0.410 e. The number of amides is 4. The Morgan fingerprint density at radius 2 is 1.64 bits per heavy atom. The first-order valence-electron chi connectivity index (χ1n) is 16.9. The summed E-state index contributed by atoms with van der Waals surface area (Å²) in [6, 6.07) is 13.0. The fourth-order valence-electron chi connectivity index (χ4n) is 7.38. The SMILES string of the molecule is CC1(I)CCN(C2CCN(C(=O)[C@@H](Cc3ccc(O)c(Cl)c3)OC(=O)N3CCC(N4CCc5ccccc5NC4=O)CC3)CC2)CC1. The number of urea groups is 1. The number of phenolic OH excluding ortho intramolecular Hbond substituents is 1. The lowest BCUT2D eigenvalue weighted by Crippen LogP contribution is -2.53. The van der Waals surface area contributed by atoms with Crippen molar-refractivity contribution in [2.24, 2.45) is 0 Å². The molecule has 4 heterocycles. The van der Waals surface area contributed by atoms with Crippen LogP contribution in [0.15, 0.2) is 42.5 Å². The zero-order chi connectivity index (χ0) is 33.1. The molecular weight excluding hydrogens is 733 g/mol. The molecule has 4 aliphatic heterocycles. The Morgan fingerprint density at radius 3 is 2.34 bits per heavy atom. The predicted octanol–water partition coefficient (Wildman–Crippen LogP) is 5.93. The van der Waals surface area contributed by atoms with E-state index in [9.17, 15) is 19.5 Å². The number of aromatic hydroxyl groups is 1. The summed E-state index contributed by atoms with van der Waals surface area (Å²) >= 11 is 8.76. The number of fused-ring (bicyclic) bond motifs is 1. The molecule has 0 aliphatic carbocycles. The Kier molecular flexibility index (Phi) is 10.7. The maximum absolute atomic E-state index is 13.9. The molecular formula is C35H45ClIN5O5. The van der Waals surface area contributed by atoms with Crippen LogP contribution in [0.2, 0.25) is 5.02 Å². The van der Waals surface area contributed by atoms with Crippen LogP contribution in [0.5, 0.6) is 5.75 Å². The van der Waals surface area contributed by atoms with Gasteiger partial charge in [0.05, 0.1) is 5.02 Å². The molecule has 6 rings (SSSR count). The molecule has 0 radical (unpaired) electrons. The molecule has 0 aromatic heterocycles. The molecule has 3 fully saturated rings. The predicted molar refractivity (Wildman–Crippen MR) is 190 cm³/mol. The second-order valence-electron chi connectivity index (χ2n) is 13.6. The summed E-state index contributed by atoms with van der Waals surface area (Å²) in [5.74, 6) is -0.238. The fourth-order valence-corrected chi connectivity index (χ4v) is 8.06. The van der Waals surface area contributed by atoms with Crippen LogP contribution >= 0.6 is 34.2 Å². The van der Waals surface area contributed by atoms with Gasteiger partial charge in [0.2, 0.25) is 0 Å². The molecule has 254 valence electrons. The van der Waals surface area contributed by atoms with Crippen molar-refractivity contribution in [3.05, 3.63) is 58.6 Å². The van der Waals surface area contributed by atoms with Gasteiger partial charge in [-0.15, -0.1) is 0 Å². The van der Waals surface area contributed by atoms with Gasteiger partial charge >= 0.3 is 12.1 Å². The summed E-state index contributed by atoms with van der Waals surface area (Å²) in [6.07, 6.45) is 4.82. The van der Waals surface area contributed by atoms with Crippen LogP contribution in [0.25, 0.3) is 0 Å². The second kappa shape index (κ2) is 14.8. The van der Waals surface area contributed by atoms with Crippen molar-refractivity contribution in [3.63, 3.8) is 0 Å². The number of carbonyl (C=O) groups excluding carboxylic acids is 3. The molecule has 1 atom stereocenters. The standard InChI is InChI=1S/C35H45ClIN5O5/c1-35(37)13-20-39(21-14-35)26-9-15-40(16-10-26)32(44)31(23-24-6-7-30(43)28(36)22-24)47-34(46)41-17-11-27(12-18-41)42-19-8-25-4-2-3-5-29(25)38-33(42)45/h2-7,22,26-27,31,43H,8-21,23H2,1H3,(H,38,45)/t31-/m1/s1. The molecule has 3 saturated heterocycles. The van der Waals surface area contributed by atoms with Gasteiger partial charge in [0.15, 0.2) is 6.10 Å². The number of nitrogens with one attached hydrogen (secondary N) is 1. The molecule has 47 heavy (non-hydrogen) atoms. The van der Waals surface area contributed by atoms with Crippen molar-refractivity contribution in [2.75, 3.05) is 51.1 Å². The van der Waals surface area contributed by atoms with E-state index in [-0.39, 0.29) is 35.2 Å². The smallest absolute Gasteiger partial charge is 0.410 e. The van der Waals surface area contributed by atoms with E-state index in [1.807, 2.05) is 34.1 Å². The molecule has 10 nitrogen and oxygen atoms in total. The van der Waals surface area contributed by atoms with Gasteiger partial charge in [0.1, 0.15) is 5.75 Å². The highest BCUT2D eigenvalue weighted by atomic mass is 127. The average molecular weight is 778 g/mol. The van der Waals surface area contributed by atoms with Crippen LogP contribution in [0.4, 0.5) is 15.3 Å². The van der Waals surface area contributed by atoms with E-state index in [1.54, 1.807) is 17.0 Å². The molecule has 0 saturated carbocycles. The first-order chi connectivity index (χ1) is 22.6. The van der Waals surface area contributed by atoms with Gasteiger partial charge < -0.3 is 34.8 Å². The second-order valence-corrected chi connectivity index (χ2v) is 16.6. The number of likely N-dealkylation sites (tertiary alicyclic amines) is 3. The Balaban J connectivity index is 1.06. The lowest BCUT2D eigenvalue weighted by molar-refractivity contribution is -0.142. The Labute approximate surface area is 295 Å². The number of phenols is 1. The number of piperidine rings is 3. The Morgan fingerprint density at radius 1 is 0.979 bits per heavy atom. The van der Waals surface area contributed by atoms with E-state index in [2.05, 4.69) is 39.7 Å². The van der Waals surface area contributed by atoms with Crippen molar-refractivity contribution >= 4 is 57.9 Å². The molecule has 2 N–H and O–H groups in total. The highest BCUT2D eigenvalue weighted by Crippen LogP contribution is 2.33. The Bertz CT molecular complexity index is 1450. The summed E-state index contributed by atoms with van der Waals surface area (Å²) < 4.78 is 6.36. The van der Waals surface area contributed by atoms with Gasteiger partial charge in [-0.3, -0.25) is 4.79 Å². The van der Waals surface area contributed by atoms with Gasteiger partial charge in [-0.05, 0) is 87.4 Å². The Hall–Kier alpha value is -2.77. The summed E-state index contributed by atoms with van der Waals surface area (Å²) in [7, 11) is 0.